The van der Waals surface area contributed by atoms with Crippen molar-refractivity contribution in [2.45, 2.75) is 32.1 Å². The minimum Gasteiger partial charge on any atom is -0.438 e. The minimum atomic E-state index is -4.56. The van der Waals surface area contributed by atoms with Crippen LogP contribution in [0.4, 0.5) is 23.5 Å². The van der Waals surface area contributed by atoms with E-state index in [0.29, 0.717) is 36.7 Å². The summed E-state index contributed by atoms with van der Waals surface area (Å²) < 4.78 is 59.7. The molecule has 0 spiro atoms. The van der Waals surface area contributed by atoms with Crippen molar-refractivity contribution in [3.8, 4) is 11.6 Å². The Kier molecular flexibility index (Phi) is 6.61. The molecule has 0 unspecified atom stereocenters. The fourth-order valence-corrected chi connectivity index (χ4v) is 5.09. The first-order valence-corrected chi connectivity index (χ1v) is 12.9. The summed E-state index contributed by atoms with van der Waals surface area (Å²) in [4.78, 5) is 26.3. The molecule has 0 bridgehead atoms. The Balaban J connectivity index is 1.33. The van der Waals surface area contributed by atoms with Crippen LogP contribution >= 0.6 is 0 Å². The van der Waals surface area contributed by atoms with E-state index in [2.05, 4.69) is 17.0 Å². The van der Waals surface area contributed by atoms with Gasteiger partial charge in [-0.1, -0.05) is 36.4 Å². The molecular weight excluding hydrogens is 524 g/mol. The zero-order valence-corrected chi connectivity index (χ0v) is 21.3. The molecule has 3 aromatic carbocycles. The predicted molar refractivity (Wildman–Crippen MR) is 140 cm³/mol. The summed E-state index contributed by atoms with van der Waals surface area (Å²) >= 11 is 0. The van der Waals surface area contributed by atoms with E-state index in [1.165, 1.54) is 46.4 Å². The van der Waals surface area contributed by atoms with E-state index in [-0.39, 0.29) is 30.3 Å². The number of benzene rings is 3. The van der Waals surface area contributed by atoms with Crippen molar-refractivity contribution < 1.29 is 27.1 Å². The predicted octanol–water partition coefficient (Wildman–Crippen LogP) is 6.19. The average molecular weight is 549 g/mol. The number of ether oxygens (including phenoxy) is 1. The SMILES string of the molecule is O=C(c1cccc(C(F)(F)F)c1)N1CCc2nc(N3CCc4ccccc4C3)nc(Oc3cccc(F)c3)c2C1. The van der Waals surface area contributed by atoms with E-state index in [4.69, 9.17) is 14.7 Å². The van der Waals surface area contributed by atoms with E-state index < -0.39 is 23.5 Å². The number of aromatic nitrogens is 2. The number of carbonyl (C=O) groups excluding carboxylic acids is 1. The fraction of sp³-hybridized carbons (Fsp3) is 0.233. The van der Waals surface area contributed by atoms with Gasteiger partial charge in [0.15, 0.2) is 0 Å². The van der Waals surface area contributed by atoms with Gasteiger partial charge in [0, 0.05) is 37.7 Å². The van der Waals surface area contributed by atoms with Crippen LogP contribution in [0.1, 0.15) is 38.3 Å². The molecule has 1 amide bonds. The highest BCUT2D eigenvalue weighted by Gasteiger charge is 2.33. The summed E-state index contributed by atoms with van der Waals surface area (Å²) in [7, 11) is 0. The standard InChI is InChI=1S/C30H24F4N4O2/c31-23-9-4-10-24(16-23)40-27-25-18-37(28(39)20-7-3-8-22(15-20)30(32,33)34)14-12-26(25)35-29(36-27)38-13-11-19-5-1-2-6-21(19)17-38/h1-10,15-16H,11-14,17-18H2. The highest BCUT2D eigenvalue weighted by Crippen LogP contribution is 2.34. The Morgan fingerprint density at radius 2 is 1.65 bits per heavy atom. The normalized spacial score (nSPS) is 14.9. The molecule has 1 aromatic heterocycles. The number of rotatable bonds is 4. The molecule has 0 saturated carbocycles. The van der Waals surface area contributed by atoms with Crippen LogP contribution in [-0.2, 0) is 32.1 Å². The lowest BCUT2D eigenvalue weighted by Crippen LogP contribution is -2.38. The van der Waals surface area contributed by atoms with Crippen molar-refractivity contribution in [3.63, 3.8) is 0 Å². The maximum Gasteiger partial charge on any atom is 0.416 e. The van der Waals surface area contributed by atoms with Crippen LogP contribution < -0.4 is 9.64 Å². The Hall–Kier alpha value is -4.47. The molecule has 0 fully saturated rings. The highest BCUT2D eigenvalue weighted by molar-refractivity contribution is 5.94. The lowest BCUT2D eigenvalue weighted by Gasteiger charge is -2.32. The molecule has 2 aliphatic heterocycles. The van der Waals surface area contributed by atoms with Crippen LogP contribution in [0.3, 0.4) is 0 Å². The van der Waals surface area contributed by atoms with Gasteiger partial charge in [0.2, 0.25) is 11.8 Å². The number of hydrogen-bond acceptors (Lipinski definition) is 5. The molecule has 3 heterocycles. The quantitative estimate of drug-likeness (QED) is 0.285. The fourth-order valence-electron chi connectivity index (χ4n) is 5.09. The van der Waals surface area contributed by atoms with Crippen molar-refractivity contribution in [2.75, 3.05) is 18.0 Å². The van der Waals surface area contributed by atoms with Crippen LogP contribution in [0, 0.1) is 5.82 Å². The van der Waals surface area contributed by atoms with Gasteiger partial charge in [-0.2, -0.15) is 18.2 Å². The third-order valence-electron chi connectivity index (χ3n) is 7.16. The number of hydrogen-bond donors (Lipinski definition) is 0. The highest BCUT2D eigenvalue weighted by atomic mass is 19.4. The third-order valence-corrected chi connectivity index (χ3v) is 7.16. The van der Waals surface area contributed by atoms with Crippen molar-refractivity contribution in [3.05, 3.63) is 112 Å². The molecule has 10 heteroatoms. The lowest BCUT2D eigenvalue weighted by atomic mass is 10.0. The molecule has 0 radical (unpaired) electrons. The second-order valence-corrected chi connectivity index (χ2v) is 9.81. The van der Waals surface area contributed by atoms with E-state index >= 15 is 0 Å². The van der Waals surface area contributed by atoms with E-state index in [1.807, 2.05) is 12.1 Å². The van der Waals surface area contributed by atoms with Gasteiger partial charge in [-0.15, -0.1) is 0 Å². The minimum absolute atomic E-state index is 0.0399. The molecule has 0 saturated heterocycles. The number of carbonyl (C=O) groups is 1. The van der Waals surface area contributed by atoms with Crippen molar-refractivity contribution in [1.82, 2.24) is 14.9 Å². The third kappa shape index (κ3) is 5.21. The van der Waals surface area contributed by atoms with Gasteiger partial charge < -0.3 is 14.5 Å². The largest absolute Gasteiger partial charge is 0.438 e. The molecule has 6 nitrogen and oxygen atoms in total. The van der Waals surface area contributed by atoms with Gasteiger partial charge >= 0.3 is 6.18 Å². The van der Waals surface area contributed by atoms with E-state index in [1.54, 1.807) is 6.07 Å². The molecule has 0 N–H and O–H groups in total. The monoisotopic (exact) mass is 548 g/mol. The second kappa shape index (κ2) is 10.3. The summed E-state index contributed by atoms with van der Waals surface area (Å²) in [6.07, 6.45) is -3.37. The molecule has 0 aliphatic carbocycles. The summed E-state index contributed by atoms with van der Waals surface area (Å²) in [5.74, 6) is -0.125. The zero-order valence-electron chi connectivity index (χ0n) is 21.3. The molecule has 6 rings (SSSR count). The Bertz CT molecular complexity index is 1590. The van der Waals surface area contributed by atoms with Crippen molar-refractivity contribution >= 4 is 11.9 Å². The number of fused-ring (bicyclic) bond motifs is 2. The van der Waals surface area contributed by atoms with Crippen LogP contribution in [0.5, 0.6) is 11.6 Å². The first-order valence-electron chi connectivity index (χ1n) is 12.9. The lowest BCUT2D eigenvalue weighted by molar-refractivity contribution is -0.137. The Morgan fingerprint density at radius 1 is 0.850 bits per heavy atom. The average Bonchev–Trinajstić information content (AvgIpc) is 2.96. The molecule has 0 atom stereocenters. The molecule has 40 heavy (non-hydrogen) atoms. The van der Waals surface area contributed by atoms with Gasteiger partial charge in [0.25, 0.3) is 5.91 Å². The molecular formula is C30H24F4N4O2. The maximum atomic E-state index is 13.9. The maximum absolute atomic E-state index is 13.9. The molecule has 2 aliphatic rings. The number of anilines is 1. The van der Waals surface area contributed by atoms with Gasteiger partial charge in [-0.05, 0) is 47.9 Å². The van der Waals surface area contributed by atoms with Gasteiger partial charge in [-0.3, -0.25) is 4.79 Å². The number of alkyl halides is 3. The Morgan fingerprint density at radius 3 is 2.45 bits per heavy atom. The summed E-state index contributed by atoms with van der Waals surface area (Å²) in [5.41, 5.74) is 2.73. The second-order valence-electron chi connectivity index (χ2n) is 9.81. The molecule has 204 valence electrons. The van der Waals surface area contributed by atoms with E-state index in [0.717, 1.165) is 18.6 Å². The van der Waals surface area contributed by atoms with Gasteiger partial charge in [0.1, 0.15) is 11.6 Å². The smallest absolute Gasteiger partial charge is 0.416 e. The van der Waals surface area contributed by atoms with Crippen LogP contribution in [0.15, 0.2) is 72.8 Å². The van der Waals surface area contributed by atoms with Gasteiger partial charge in [-0.25, -0.2) is 9.37 Å². The van der Waals surface area contributed by atoms with Crippen molar-refractivity contribution in [2.24, 2.45) is 0 Å². The van der Waals surface area contributed by atoms with Crippen LogP contribution in [0.25, 0.3) is 0 Å². The van der Waals surface area contributed by atoms with Crippen molar-refractivity contribution in [1.29, 1.82) is 0 Å². The zero-order chi connectivity index (χ0) is 27.9. The Labute approximate surface area is 227 Å². The van der Waals surface area contributed by atoms with Gasteiger partial charge in [0.05, 0.1) is 23.4 Å². The van der Waals surface area contributed by atoms with E-state index in [9.17, 15) is 22.4 Å². The first-order chi connectivity index (χ1) is 19.2. The summed E-state index contributed by atoms with van der Waals surface area (Å²) in [6, 6.07) is 18.2. The summed E-state index contributed by atoms with van der Waals surface area (Å²) in [6.45, 7) is 1.63. The summed E-state index contributed by atoms with van der Waals surface area (Å²) in [5, 5.41) is 0. The number of halogens is 4. The number of amides is 1. The molecule has 4 aromatic rings. The van der Waals surface area contributed by atoms with Crippen LogP contribution in [-0.4, -0.2) is 33.9 Å². The first kappa shape index (κ1) is 25.8. The van der Waals surface area contributed by atoms with Crippen LogP contribution in [0.2, 0.25) is 0 Å². The topological polar surface area (TPSA) is 58.6 Å². The number of nitrogens with zero attached hydrogens (tertiary/aromatic N) is 4.